The molecule has 0 atom stereocenters. The molecular weight excluding hydrogens is 187 g/mol. The van der Waals surface area contributed by atoms with Gasteiger partial charge in [-0.25, -0.2) is 0 Å². The van der Waals surface area contributed by atoms with E-state index in [1.54, 1.807) is 0 Å². The van der Waals surface area contributed by atoms with E-state index >= 15 is 0 Å². The van der Waals surface area contributed by atoms with Crippen LogP contribution in [0.2, 0.25) is 6.82 Å². The van der Waals surface area contributed by atoms with Crippen molar-refractivity contribution in [2.75, 3.05) is 0 Å². The van der Waals surface area contributed by atoms with Gasteiger partial charge in [0.25, 0.3) is 0 Å². The predicted molar refractivity (Wildman–Crippen MR) is 51.5 cm³/mol. The second kappa shape index (κ2) is 3.24. The first-order chi connectivity index (χ1) is 4.74. The molecular formula is C8H10BBr. The number of aryl methyl sites for hydroxylation is 1. The second-order valence-corrected chi connectivity index (χ2v) is 3.30. The number of benzene rings is 1. The molecule has 0 aromatic heterocycles. The van der Waals surface area contributed by atoms with Gasteiger partial charge in [-0.2, -0.15) is 0 Å². The van der Waals surface area contributed by atoms with Crippen molar-refractivity contribution in [2.45, 2.75) is 13.7 Å². The Hall–Kier alpha value is -0.235. The first-order valence-electron chi connectivity index (χ1n) is 3.49. The van der Waals surface area contributed by atoms with Gasteiger partial charge >= 0.3 is 0 Å². The molecule has 0 aliphatic rings. The van der Waals surface area contributed by atoms with Gasteiger partial charge in [0.1, 0.15) is 0 Å². The summed E-state index contributed by atoms with van der Waals surface area (Å²) >= 11 is 3.51. The Morgan fingerprint density at radius 3 is 2.60 bits per heavy atom. The Balaban J connectivity index is 3.07. The van der Waals surface area contributed by atoms with E-state index in [1.165, 1.54) is 15.5 Å². The smallest absolute Gasteiger partial charge is 0.0849 e. The van der Waals surface area contributed by atoms with E-state index in [4.69, 9.17) is 0 Å². The zero-order valence-corrected chi connectivity index (χ0v) is 7.90. The molecule has 1 rings (SSSR count). The van der Waals surface area contributed by atoms with Gasteiger partial charge in [0, 0.05) is 4.47 Å². The summed E-state index contributed by atoms with van der Waals surface area (Å²) in [7, 11) is 1.10. The zero-order valence-electron chi connectivity index (χ0n) is 6.32. The minimum atomic E-state index is 1.10. The lowest BCUT2D eigenvalue weighted by Crippen LogP contribution is -2.11. The summed E-state index contributed by atoms with van der Waals surface area (Å²) in [5.41, 5.74) is 2.69. The van der Waals surface area contributed by atoms with E-state index in [2.05, 4.69) is 47.9 Å². The fourth-order valence-electron chi connectivity index (χ4n) is 0.939. The molecule has 1 aromatic rings. The summed E-state index contributed by atoms with van der Waals surface area (Å²) in [5.74, 6) is 0. The largest absolute Gasteiger partial charge is 0.156 e. The highest BCUT2D eigenvalue weighted by atomic mass is 79.9. The van der Waals surface area contributed by atoms with Crippen LogP contribution in [-0.4, -0.2) is 7.28 Å². The summed E-state index contributed by atoms with van der Waals surface area (Å²) in [6.45, 7) is 4.26. The molecule has 0 amide bonds. The number of rotatable bonds is 1. The maximum absolute atomic E-state index is 3.51. The minimum absolute atomic E-state index is 1.10. The summed E-state index contributed by atoms with van der Waals surface area (Å²) in [5, 5.41) is 0. The Labute approximate surface area is 71.0 Å². The SMILES string of the molecule is CBc1ccc(C)cc1Br. The third-order valence-corrected chi connectivity index (χ3v) is 2.33. The van der Waals surface area contributed by atoms with Crippen molar-refractivity contribution in [2.24, 2.45) is 0 Å². The van der Waals surface area contributed by atoms with E-state index in [9.17, 15) is 0 Å². The summed E-state index contributed by atoms with van der Waals surface area (Å²) in [6.07, 6.45) is 0. The third kappa shape index (κ3) is 1.63. The van der Waals surface area contributed by atoms with Crippen molar-refractivity contribution in [1.29, 1.82) is 0 Å². The normalized spacial score (nSPS) is 9.50. The van der Waals surface area contributed by atoms with Crippen LogP contribution in [-0.2, 0) is 0 Å². The van der Waals surface area contributed by atoms with E-state index in [-0.39, 0.29) is 0 Å². The van der Waals surface area contributed by atoms with Crippen molar-refractivity contribution in [1.82, 2.24) is 0 Å². The van der Waals surface area contributed by atoms with Gasteiger partial charge in [-0.15, -0.1) is 0 Å². The van der Waals surface area contributed by atoms with Gasteiger partial charge in [-0.3, -0.25) is 0 Å². The molecule has 0 aliphatic carbocycles. The standard InChI is InChI=1S/C8H10BBr/c1-6-3-4-7(9-2)8(10)5-6/h3-5,9H,1-2H3. The summed E-state index contributed by atoms with van der Waals surface area (Å²) in [6, 6.07) is 6.46. The molecule has 0 bridgehead atoms. The lowest BCUT2D eigenvalue weighted by atomic mass is 9.73. The van der Waals surface area contributed by atoms with Crippen LogP contribution in [0.1, 0.15) is 5.56 Å². The van der Waals surface area contributed by atoms with E-state index in [0.717, 1.165) is 7.28 Å². The predicted octanol–water partition coefficient (Wildman–Crippen LogP) is 1.87. The average Bonchev–Trinajstić information content (AvgIpc) is 1.88. The quantitative estimate of drug-likeness (QED) is 0.602. The van der Waals surface area contributed by atoms with Gasteiger partial charge in [0.2, 0.25) is 0 Å². The van der Waals surface area contributed by atoms with Crippen molar-refractivity contribution in [3.05, 3.63) is 28.2 Å². The van der Waals surface area contributed by atoms with Gasteiger partial charge in [0.05, 0.1) is 0 Å². The first-order valence-corrected chi connectivity index (χ1v) is 4.28. The average molecular weight is 197 g/mol. The highest BCUT2D eigenvalue weighted by molar-refractivity contribution is 9.10. The Kier molecular flexibility index (Phi) is 2.55. The van der Waals surface area contributed by atoms with Crippen LogP contribution in [0, 0.1) is 6.92 Å². The molecule has 0 N–H and O–H groups in total. The van der Waals surface area contributed by atoms with Crippen molar-refractivity contribution in [3.8, 4) is 0 Å². The lowest BCUT2D eigenvalue weighted by Gasteiger charge is -1.99. The molecule has 0 saturated carbocycles. The van der Waals surface area contributed by atoms with E-state index in [0.29, 0.717) is 0 Å². The topological polar surface area (TPSA) is 0 Å². The fraction of sp³-hybridized carbons (Fsp3) is 0.250. The Bertz CT molecular complexity index is 233. The molecule has 0 unspecified atom stereocenters. The molecule has 0 fully saturated rings. The van der Waals surface area contributed by atoms with Crippen LogP contribution in [0.25, 0.3) is 0 Å². The van der Waals surface area contributed by atoms with Crippen LogP contribution in [0.5, 0.6) is 0 Å². The van der Waals surface area contributed by atoms with E-state index < -0.39 is 0 Å². The minimum Gasteiger partial charge on any atom is -0.0849 e. The summed E-state index contributed by atoms with van der Waals surface area (Å²) < 4.78 is 1.23. The van der Waals surface area contributed by atoms with Crippen molar-refractivity contribution >= 4 is 28.7 Å². The van der Waals surface area contributed by atoms with E-state index in [1.807, 2.05) is 0 Å². The lowest BCUT2D eigenvalue weighted by molar-refractivity contribution is 1.47. The van der Waals surface area contributed by atoms with Crippen LogP contribution in [0.15, 0.2) is 22.7 Å². The van der Waals surface area contributed by atoms with Gasteiger partial charge in [-0.05, 0) is 13.0 Å². The number of halogens is 1. The molecule has 0 heterocycles. The highest BCUT2D eigenvalue weighted by Gasteiger charge is 1.95. The van der Waals surface area contributed by atoms with Crippen molar-refractivity contribution < 1.29 is 0 Å². The monoisotopic (exact) mass is 196 g/mol. The number of hydrogen-bond acceptors (Lipinski definition) is 0. The molecule has 1 aromatic carbocycles. The molecule has 52 valence electrons. The maximum atomic E-state index is 3.51. The molecule has 0 aliphatic heterocycles. The van der Waals surface area contributed by atoms with Gasteiger partial charge in [0.15, 0.2) is 7.28 Å². The van der Waals surface area contributed by atoms with Crippen LogP contribution >= 0.6 is 15.9 Å². The molecule has 10 heavy (non-hydrogen) atoms. The maximum Gasteiger partial charge on any atom is 0.156 e. The molecule has 0 spiro atoms. The fourth-order valence-corrected chi connectivity index (χ4v) is 1.71. The van der Waals surface area contributed by atoms with Crippen LogP contribution in [0.3, 0.4) is 0 Å². The second-order valence-electron chi connectivity index (χ2n) is 2.45. The third-order valence-electron chi connectivity index (χ3n) is 1.59. The van der Waals surface area contributed by atoms with Crippen LogP contribution in [0.4, 0.5) is 0 Å². The number of hydrogen-bond donors (Lipinski definition) is 0. The van der Waals surface area contributed by atoms with Gasteiger partial charge < -0.3 is 0 Å². The first kappa shape index (κ1) is 7.87. The van der Waals surface area contributed by atoms with Gasteiger partial charge in [-0.1, -0.05) is 45.9 Å². The highest BCUT2D eigenvalue weighted by Crippen LogP contribution is 2.07. The van der Waals surface area contributed by atoms with Crippen LogP contribution < -0.4 is 5.46 Å². The summed E-state index contributed by atoms with van der Waals surface area (Å²) in [4.78, 5) is 0. The Morgan fingerprint density at radius 1 is 1.40 bits per heavy atom. The van der Waals surface area contributed by atoms with Crippen molar-refractivity contribution in [3.63, 3.8) is 0 Å². The Morgan fingerprint density at radius 2 is 2.10 bits per heavy atom. The zero-order chi connectivity index (χ0) is 7.56. The molecule has 2 heteroatoms. The molecule has 0 saturated heterocycles. The molecule has 0 radical (unpaired) electrons. The molecule has 0 nitrogen and oxygen atoms in total.